The summed E-state index contributed by atoms with van der Waals surface area (Å²) in [7, 11) is 1.65. The fourth-order valence-corrected chi connectivity index (χ4v) is 2.84. The minimum atomic E-state index is 0.458. The second-order valence-corrected chi connectivity index (χ2v) is 6.17. The molecule has 20 heavy (non-hydrogen) atoms. The van der Waals surface area contributed by atoms with Gasteiger partial charge in [0.25, 0.3) is 0 Å². The highest BCUT2D eigenvalue weighted by Crippen LogP contribution is 2.44. The first kappa shape index (κ1) is 13.8. The predicted octanol–water partition coefficient (Wildman–Crippen LogP) is 4.75. The van der Waals surface area contributed by atoms with E-state index < -0.39 is 0 Å². The summed E-state index contributed by atoms with van der Waals surface area (Å²) in [6.45, 7) is 2.03. The van der Waals surface area contributed by atoms with E-state index in [1.54, 1.807) is 7.11 Å². The fraction of sp³-hybridized carbons (Fsp3) is 0.333. The van der Waals surface area contributed by atoms with Gasteiger partial charge in [-0.3, -0.25) is 0 Å². The third-order valence-corrected chi connectivity index (χ3v) is 4.68. The van der Waals surface area contributed by atoms with Gasteiger partial charge in [0.2, 0.25) is 0 Å². The lowest BCUT2D eigenvalue weighted by atomic mass is 10.1. The van der Waals surface area contributed by atoms with Gasteiger partial charge in [-0.15, -0.1) is 0 Å². The van der Waals surface area contributed by atoms with Crippen LogP contribution in [0.4, 0.5) is 0 Å². The number of rotatable bonds is 3. The van der Waals surface area contributed by atoms with Gasteiger partial charge in [0.15, 0.2) is 5.82 Å². The molecule has 0 aliphatic heterocycles. The van der Waals surface area contributed by atoms with Crippen LogP contribution in [-0.4, -0.2) is 17.1 Å². The molecule has 1 aromatic heterocycles. The van der Waals surface area contributed by atoms with E-state index in [1.165, 1.54) is 0 Å². The lowest BCUT2D eigenvalue weighted by Crippen LogP contribution is -1.99. The molecule has 5 heteroatoms. The van der Waals surface area contributed by atoms with E-state index in [0.29, 0.717) is 16.9 Å². The maximum Gasteiger partial charge on any atom is 0.164 e. The number of methoxy groups -OCH3 is 1. The molecule has 0 amide bonds. The summed E-state index contributed by atoms with van der Waals surface area (Å²) in [6.07, 6.45) is 2.33. The largest absolute Gasteiger partial charge is 0.496 e. The minimum Gasteiger partial charge on any atom is -0.496 e. The predicted molar refractivity (Wildman–Crippen MR) is 83.4 cm³/mol. The summed E-state index contributed by atoms with van der Waals surface area (Å²) in [4.78, 5) is 9.06. The normalized spacial score (nSPS) is 14.4. The maximum atomic E-state index is 6.23. The summed E-state index contributed by atoms with van der Waals surface area (Å²) in [5.41, 5.74) is 3.01. The first-order valence-electron chi connectivity index (χ1n) is 6.48. The number of aromatic nitrogens is 2. The van der Waals surface area contributed by atoms with Crippen molar-refractivity contribution in [3.05, 3.63) is 39.1 Å². The zero-order chi connectivity index (χ0) is 14.3. The molecular weight excluding hydrogens is 340 g/mol. The molecular formula is C15H14BrClN2O. The van der Waals surface area contributed by atoms with Crippen LogP contribution in [0.25, 0.3) is 11.4 Å². The number of nitrogens with zero attached hydrogens (tertiary/aromatic N) is 2. The SMILES string of the molecule is COc1cc(C)ccc1-c1nc(Cl)c(Br)c(C2CC2)n1. The van der Waals surface area contributed by atoms with Gasteiger partial charge in [-0.1, -0.05) is 17.7 Å². The average molecular weight is 354 g/mol. The Morgan fingerprint density at radius 2 is 2.05 bits per heavy atom. The van der Waals surface area contributed by atoms with E-state index in [4.69, 9.17) is 16.3 Å². The van der Waals surface area contributed by atoms with Gasteiger partial charge in [-0.2, -0.15) is 0 Å². The Morgan fingerprint density at radius 3 is 2.70 bits per heavy atom. The number of ether oxygens (including phenoxy) is 1. The molecule has 1 aliphatic rings. The summed E-state index contributed by atoms with van der Waals surface area (Å²) in [5, 5.41) is 0.458. The molecule has 2 aromatic rings. The molecule has 1 saturated carbocycles. The minimum absolute atomic E-state index is 0.458. The molecule has 0 N–H and O–H groups in total. The second-order valence-electron chi connectivity index (χ2n) is 5.02. The van der Waals surface area contributed by atoms with Gasteiger partial charge in [0, 0.05) is 5.92 Å². The Bertz CT molecular complexity index is 671. The van der Waals surface area contributed by atoms with Crippen LogP contribution in [0.3, 0.4) is 0 Å². The molecule has 0 radical (unpaired) electrons. The second kappa shape index (κ2) is 5.34. The summed E-state index contributed by atoms with van der Waals surface area (Å²) in [5.74, 6) is 1.89. The van der Waals surface area contributed by atoms with Crippen molar-refractivity contribution in [2.75, 3.05) is 7.11 Å². The average Bonchev–Trinajstić information content (AvgIpc) is 3.26. The van der Waals surface area contributed by atoms with Crippen molar-refractivity contribution < 1.29 is 4.74 Å². The molecule has 3 rings (SSSR count). The monoisotopic (exact) mass is 352 g/mol. The molecule has 3 nitrogen and oxygen atoms in total. The van der Waals surface area contributed by atoms with Crippen molar-refractivity contribution in [1.29, 1.82) is 0 Å². The highest BCUT2D eigenvalue weighted by atomic mass is 79.9. The Balaban J connectivity index is 2.15. The lowest BCUT2D eigenvalue weighted by Gasteiger charge is -2.11. The Kier molecular flexibility index (Phi) is 3.69. The zero-order valence-electron chi connectivity index (χ0n) is 11.3. The van der Waals surface area contributed by atoms with Crippen molar-refractivity contribution in [1.82, 2.24) is 9.97 Å². The van der Waals surface area contributed by atoms with Crippen LogP contribution in [0.5, 0.6) is 5.75 Å². The van der Waals surface area contributed by atoms with E-state index in [2.05, 4.69) is 25.9 Å². The Hall–Kier alpha value is -1.13. The van der Waals surface area contributed by atoms with Crippen LogP contribution in [-0.2, 0) is 0 Å². The molecule has 1 fully saturated rings. The van der Waals surface area contributed by atoms with Crippen molar-refractivity contribution in [3.8, 4) is 17.1 Å². The smallest absolute Gasteiger partial charge is 0.164 e. The zero-order valence-corrected chi connectivity index (χ0v) is 13.6. The van der Waals surface area contributed by atoms with Crippen LogP contribution < -0.4 is 4.74 Å². The van der Waals surface area contributed by atoms with Crippen LogP contribution in [0, 0.1) is 6.92 Å². The van der Waals surface area contributed by atoms with E-state index in [9.17, 15) is 0 Å². The first-order valence-corrected chi connectivity index (χ1v) is 7.65. The molecule has 0 unspecified atom stereocenters. The van der Waals surface area contributed by atoms with E-state index in [-0.39, 0.29) is 0 Å². The van der Waals surface area contributed by atoms with Crippen molar-refractivity contribution in [3.63, 3.8) is 0 Å². The molecule has 0 bridgehead atoms. The highest BCUT2D eigenvalue weighted by molar-refractivity contribution is 9.10. The maximum absolute atomic E-state index is 6.23. The number of hydrogen-bond donors (Lipinski definition) is 0. The molecule has 0 spiro atoms. The van der Waals surface area contributed by atoms with Gasteiger partial charge in [0.1, 0.15) is 10.9 Å². The van der Waals surface area contributed by atoms with Crippen LogP contribution in [0.2, 0.25) is 5.15 Å². The van der Waals surface area contributed by atoms with Crippen LogP contribution in [0.15, 0.2) is 22.7 Å². The van der Waals surface area contributed by atoms with E-state index in [1.807, 2.05) is 25.1 Å². The van der Waals surface area contributed by atoms with Gasteiger partial charge in [-0.25, -0.2) is 9.97 Å². The number of aryl methyl sites for hydroxylation is 1. The van der Waals surface area contributed by atoms with Crippen molar-refractivity contribution >= 4 is 27.5 Å². The topological polar surface area (TPSA) is 35.0 Å². The van der Waals surface area contributed by atoms with Crippen LogP contribution >= 0.6 is 27.5 Å². The fourth-order valence-electron chi connectivity index (χ4n) is 2.17. The summed E-state index contributed by atoms with van der Waals surface area (Å²) >= 11 is 9.72. The van der Waals surface area contributed by atoms with E-state index >= 15 is 0 Å². The molecule has 0 atom stereocenters. The number of halogens is 2. The lowest BCUT2D eigenvalue weighted by molar-refractivity contribution is 0.416. The van der Waals surface area contributed by atoms with Gasteiger partial charge in [-0.05, 0) is 53.4 Å². The number of hydrogen-bond acceptors (Lipinski definition) is 3. The van der Waals surface area contributed by atoms with Gasteiger partial charge in [0.05, 0.1) is 22.8 Å². The quantitative estimate of drug-likeness (QED) is 0.747. The molecule has 0 saturated heterocycles. The molecule has 1 aliphatic carbocycles. The molecule has 1 heterocycles. The van der Waals surface area contributed by atoms with Gasteiger partial charge < -0.3 is 4.74 Å². The summed E-state index contributed by atoms with van der Waals surface area (Å²) < 4.78 is 6.25. The third kappa shape index (κ3) is 2.54. The highest BCUT2D eigenvalue weighted by Gasteiger charge is 2.29. The van der Waals surface area contributed by atoms with Crippen molar-refractivity contribution in [2.24, 2.45) is 0 Å². The van der Waals surface area contributed by atoms with Crippen LogP contribution in [0.1, 0.15) is 30.0 Å². The standard InChI is InChI=1S/C15H14BrClN2O/c1-8-3-6-10(11(7-8)20-2)15-18-13(9-4-5-9)12(16)14(17)19-15/h3,6-7,9H,4-5H2,1-2H3. The van der Waals surface area contributed by atoms with E-state index in [0.717, 1.165) is 39.9 Å². The molecule has 1 aromatic carbocycles. The van der Waals surface area contributed by atoms with Gasteiger partial charge >= 0.3 is 0 Å². The summed E-state index contributed by atoms with van der Waals surface area (Å²) in [6, 6.07) is 5.98. The Morgan fingerprint density at radius 1 is 1.30 bits per heavy atom. The Labute approximate surface area is 131 Å². The number of benzene rings is 1. The first-order chi connectivity index (χ1) is 9.60. The third-order valence-electron chi connectivity index (χ3n) is 3.40. The van der Waals surface area contributed by atoms with Crippen molar-refractivity contribution in [2.45, 2.75) is 25.7 Å². The molecule has 104 valence electrons.